The van der Waals surface area contributed by atoms with Crippen LogP contribution in [0.5, 0.6) is 0 Å². The Labute approximate surface area is 84.4 Å². The number of thioether (sulfide) groups is 1. The van der Waals surface area contributed by atoms with Gasteiger partial charge in [-0.2, -0.15) is 9.89 Å². The molecule has 1 rings (SSSR count). The number of carbonyl (C=O) groups is 1. The van der Waals surface area contributed by atoms with Crippen molar-refractivity contribution in [1.29, 1.82) is 0 Å². The molecule has 0 aliphatic heterocycles. The van der Waals surface area contributed by atoms with Gasteiger partial charge in [0, 0.05) is 18.6 Å². The van der Waals surface area contributed by atoms with Crippen molar-refractivity contribution in [3.05, 3.63) is 17.1 Å². The zero-order valence-electron chi connectivity index (χ0n) is 7.38. The second-order valence-corrected chi connectivity index (χ2v) is 3.56. The minimum absolute atomic E-state index is 0.0379. The van der Waals surface area contributed by atoms with E-state index in [1.54, 1.807) is 0 Å². The van der Waals surface area contributed by atoms with Crippen LogP contribution in [0.1, 0.15) is 12.3 Å². The molecule has 1 aromatic rings. The van der Waals surface area contributed by atoms with Crippen LogP contribution in [0.4, 0.5) is 0 Å². The predicted molar refractivity (Wildman–Crippen MR) is 50.7 cm³/mol. The summed E-state index contributed by atoms with van der Waals surface area (Å²) in [5.41, 5.74) is 0. The van der Waals surface area contributed by atoms with Gasteiger partial charge in [-0.25, -0.2) is 0 Å². The predicted octanol–water partition coefficient (Wildman–Crippen LogP) is 1.03. The average Bonchev–Trinajstić information content (AvgIpc) is 2.67. The van der Waals surface area contributed by atoms with Crippen LogP contribution in [0.25, 0.3) is 0 Å². The molecule has 6 nitrogen and oxygen atoms in total. The molecule has 0 bridgehead atoms. The molecule has 0 fully saturated rings. The molecule has 0 spiro atoms. The van der Waals surface area contributed by atoms with E-state index in [9.17, 15) is 9.70 Å². The third-order valence-electron chi connectivity index (χ3n) is 1.39. The molecule has 0 atom stereocenters. The Bertz CT molecular complexity index is 288. The Morgan fingerprint density at radius 3 is 3.14 bits per heavy atom. The van der Waals surface area contributed by atoms with Crippen LogP contribution in [0.3, 0.4) is 0 Å². The van der Waals surface area contributed by atoms with Gasteiger partial charge in [-0.3, -0.25) is 4.79 Å². The number of rotatable bonds is 6. The lowest BCUT2D eigenvalue weighted by atomic mass is 10.5. The van der Waals surface area contributed by atoms with Gasteiger partial charge in [0.1, 0.15) is 0 Å². The Balaban J connectivity index is 2.09. The van der Waals surface area contributed by atoms with Crippen molar-refractivity contribution in [3.8, 4) is 0 Å². The van der Waals surface area contributed by atoms with Crippen molar-refractivity contribution >= 4 is 16.9 Å². The first-order valence-corrected chi connectivity index (χ1v) is 5.02. The van der Waals surface area contributed by atoms with Crippen LogP contribution in [-0.4, -0.2) is 27.6 Å². The maximum atomic E-state index is 11.0. The van der Waals surface area contributed by atoms with Crippen molar-refractivity contribution < 1.29 is 9.32 Å². The van der Waals surface area contributed by atoms with Crippen LogP contribution in [0.2, 0.25) is 0 Å². The molecule has 0 saturated carbocycles. The van der Waals surface area contributed by atoms with Gasteiger partial charge in [0.25, 0.3) is 0 Å². The number of aryl methyl sites for hydroxylation is 1. The number of hydrogen-bond acceptors (Lipinski definition) is 7. The van der Waals surface area contributed by atoms with E-state index in [0.717, 1.165) is 11.8 Å². The zero-order chi connectivity index (χ0) is 10.2. The van der Waals surface area contributed by atoms with E-state index in [1.165, 1.54) is 6.33 Å². The van der Waals surface area contributed by atoms with Crippen LogP contribution >= 0.6 is 11.8 Å². The molecule has 0 aromatic carbocycles. The van der Waals surface area contributed by atoms with E-state index in [4.69, 9.17) is 4.52 Å². The van der Waals surface area contributed by atoms with Crippen LogP contribution in [-0.2, 0) is 11.2 Å². The van der Waals surface area contributed by atoms with Gasteiger partial charge in [0.05, 0.1) is 6.54 Å². The minimum atomic E-state index is -0.0379. The average molecular weight is 215 g/mol. The van der Waals surface area contributed by atoms with E-state index < -0.39 is 0 Å². The highest BCUT2D eigenvalue weighted by molar-refractivity contribution is 8.13. The molecule has 0 aliphatic rings. The highest BCUT2D eigenvalue weighted by Gasteiger charge is 2.04. The van der Waals surface area contributed by atoms with Crippen LogP contribution in [0, 0.1) is 4.91 Å². The molecule has 14 heavy (non-hydrogen) atoms. The van der Waals surface area contributed by atoms with E-state index in [1.807, 2.05) is 0 Å². The Morgan fingerprint density at radius 1 is 1.64 bits per heavy atom. The lowest BCUT2D eigenvalue weighted by Crippen LogP contribution is -1.97. The quantitative estimate of drug-likeness (QED) is 0.659. The third-order valence-corrected chi connectivity index (χ3v) is 2.33. The van der Waals surface area contributed by atoms with Gasteiger partial charge in [-0.05, 0) is 0 Å². The van der Waals surface area contributed by atoms with Crippen LogP contribution < -0.4 is 0 Å². The van der Waals surface area contributed by atoms with E-state index in [2.05, 4.69) is 15.3 Å². The summed E-state index contributed by atoms with van der Waals surface area (Å²) in [5, 5.41) is 6.00. The summed E-state index contributed by atoms with van der Waals surface area (Å²) in [5.74, 6) is 1.10. The number of hydrogen-bond donors (Lipinski definition) is 0. The second-order valence-electron chi connectivity index (χ2n) is 2.41. The van der Waals surface area contributed by atoms with Gasteiger partial charge in [-0.15, -0.1) is 0 Å². The molecule has 1 heterocycles. The Kier molecular flexibility index (Phi) is 4.84. The fraction of sp³-hybridized carbons (Fsp3) is 0.571. The molecule has 1 aromatic heterocycles. The molecule has 0 unspecified atom stereocenters. The topological polar surface area (TPSA) is 85.4 Å². The van der Waals surface area contributed by atoms with Gasteiger partial charge in [-0.1, -0.05) is 22.1 Å². The standard InChI is InChI=1S/C7H9N3O3S/c11-7(1-3-9-12)14-4-2-6-8-5-10-13-6/h5H,1-4H2. The summed E-state index contributed by atoms with van der Waals surface area (Å²) in [7, 11) is 0. The first-order chi connectivity index (χ1) is 6.83. The summed E-state index contributed by atoms with van der Waals surface area (Å²) in [4.78, 5) is 24.6. The molecule has 0 aliphatic carbocycles. The lowest BCUT2D eigenvalue weighted by molar-refractivity contribution is -0.110. The number of carbonyl (C=O) groups excluding carboxylic acids is 1. The van der Waals surface area contributed by atoms with Gasteiger partial charge < -0.3 is 4.52 Å². The molecule has 0 saturated heterocycles. The van der Waals surface area contributed by atoms with Crippen LogP contribution in [0.15, 0.2) is 16.0 Å². The number of nitrogens with zero attached hydrogens (tertiary/aromatic N) is 3. The SMILES string of the molecule is O=NCCC(=O)SCCc1ncno1. The van der Waals surface area contributed by atoms with E-state index in [-0.39, 0.29) is 18.1 Å². The lowest BCUT2D eigenvalue weighted by Gasteiger charge is -1.94. The van der Waals surface area contributed by atoms with E-state index >= 15 is 0 Å². The van der Waals surface area contributed by atoms with Gasteiger partial charge in [0.15, 0.2) is 11.4 Å². The smallest absolute Gasteiger partial charge is 0.227 e. The Morgan fingerprint density at radius 2 is 2.50 bits per heavy atom. The van der Waals surface area contributed by atoms with Crippen molar-refractivity contribution in [2.45, 2.75) is 12.8 Å². The maximum absolute atomic E-state index is 11.0. The fourth-order valence-electron chi connectivity index (χ4n) is 0.767. The van der Waals surface area contributed by atoms with Crippen molar-refractivity contribution in [2.75, 3.05) is 12.3 Å². The number of aromatic nitrogens is 2. The van der Waals surface area contributed by atoms with Gasteiger partial charge in [0.2, 0.25) is 5.89 Å². The monoisotopic (exact) mass is 215 g/mol. The van der Waals surface area contributed by atoms with Crippen molar-refractivity contribution in [3.63, 3.8) is 0 Å². The van der Waals surface area contributed by atoms with Crippen molar-refractivity contribution in [1.82, 2.24) is 10.1 Å². The number of nitroso groups, excluding NO2 is 1. The first kappa shape index (κ1) is 10.8. The fourth-order valence-corrected chi connectivity index (χ4v) is 1.51. The van der Waals surface area contributed by atoms with Gasteiger partial charge >= 0.3 is 0 Å². The highest BCUT2D eigenvalue weighted by atomic mass is 32.2. The molecule has 7 heteroatoms. The molecule has 0 amide bonds. The second kappa shape index (κ2) is 6.25. The molecule has 76 valence electrons. The summed E-state index contributed by atoms with van der Waals surface area (Å²) >= 11 is 1.15. The Hall–Kier alpha value is -1.24. The molecule has 0 N–H and O–H groups in total. The summed E-state index contributed by atoms with van der Waals surface area (Å²) < 4.78 is 4.74. The van der Waals surface area contributed by atoms with E-state index in [0.29, 0.717) is 18.1 Å². The molecular formula is C7H9N3O3S. The minimum Gasteiger partial charge on any atom is -0.340 e. The molecule has 0 radical (unpaired) electrons. The molecular weight excluding hydrogens is 206 g/mol. The maximum Gasteiger partial charge on any atom is 0.227 e. The zero-order valence-corrected chi connectivity index (χ0v) is 8.20. The largest absolute Gasteiger partial charge is 0.340 e. The summed E-state index contributed by atoms with van der Waals surface area (Å²) in [6.45, 7) is 0.0480. The van der Waals surface area contributed by atoms with Crippen molar-refractivity contribution in [2.24, 2.45) is 5.18 Å². The third kappa shape index (κ3) is 4.13. The summed E-state index contributed by atoms with van der Waals surface area (Å²) in [6, 6.07) is 0. The summed E-state index contributed by atoms with van der Waals surface area (Å²) in [6.07, 6.45) is 2.07. The first-order valence-electron chi connectivity index (χ1n) is 4.03. The highest BCUT2D eigenvalue weighted by Crippen LogP contribution is 2.08. The normalized spacial score (nSPS) is 10.0.